The fourth-order valence-corrected chi connectivity index (χ4v) is 2.41. The highest BCUT2D eigenvalue weighted by Crippen LogP contribution is 1.98. The molecule has 9 heavy (non-hydrogen) atoms. The molecule has 54 valence electrons. The minimum atomic E-state index is -1.23. The number of rotatable bonds is 3. The van der Waals surface area contributed by atoms with Crippen molar-refractivity contribution in [2.24, 2.45) is 0 Å². The van der Waals surface area contributed by atoms with Crippen LogP contribution in [-0.2, 0) is 0 Å². The molecule has 0 saturated carbocycles. The zero-order chi connectivity index (χ0) is 7.49. The maximum Gasteiger partial charge on any atom is 0.143 e. The first-order valence-electron chi connectivity index (χ1n) is 3.39. The minimum Gasteiger partial charge on any atom is -0.332 e. The molecule has 0 fully saturated rings. The highest BCUT2D eigenvalue weighted by atomic mass is 28.3. The average Bonchev–Trinajstić information content (AvgIpc) is 1.63. The third kappa shape index (κ3) is 4.42. The highest BCUT2D eigenvalue weighted by molar-refractivity contribution is 6.79. The lowest BCUT2D eigenvalue weighted by molar-refractivity contribution is 0.738. The van der Waals surface area contributed by atoms with Gasteiger partial charge in [-0.15, -0.1) is 6.58 Å². The number of hydrogen-bond donors (Lipinski definition) is 1. The van der Waals surface area contributed by atoms with E-state index in [1.807, 2.05) is 0 Å². The van der Waals surface area contributed by atoms with Gasteiger partial charge in [0.25, 0.3) is 0 Å². The fraction of sp³-hybridized carbons (Fsp3) is 0.714. The third-order valence-corrected chi connectivity index (χ3v) is 3.51. The van der Waals surface area contributed by atoms with Gasteiger partial charge >= 0.3 is 0 Å². The van der Waals surface area contributed by atoms with E-state index in [-0.39, 0.29) is 0 Å². The Kier molecular flexibility index (Phi) is 3.15. The quantitative estimate of drug-likeness (QED) is 0.595. The summed E-state index contributed by atoms with van der Waals surface area (Å²) in [6.07, 6.45) is 0. The van der Waals surface area contributed by atoms with Crippen LogP contribution in [0.2, 0.25) is 13.1 Å². The minimum absolute atomic E-state index is 0.588. The summed E-state index contributed by atoms with van der Waals surface area (Å²) >= 11 is 0. The van der Waals surface area contributed by atoms with Crippen LogP contribution in [0.25, 0.3) is 0 Å². The smallest absolute Gasteiger partial charge is 0.143 e. The molecular weight excluding hydrogens is 126 g/mol. The number of hydrogen-bond acceptors (Lipinski definition) is 1. The van der Waals surface area contributed by atoms with Gasteiger partial charge in [-0.1, -0.05) is 32.6 Å². The molecule has 0 aromatic heterocycles. The SMILES string of the molecule is C=C[Si](C)(C)NC(C)C. The van der Waals surface area contributed by atoms with Crippen molar-refractivity contribution in [3.8, 4) is 0 Å². The molecule has 0 unspecified atom stereocenters. The zero-order valence-corrected chi connectivity index (χ0v) is 7.86. The van der Waals surface area contributed by atoms with Crippen LogP contribution < -0.4 is 4.98 Å². The van der Waals surface area contributed by atoms with E-state index in [1.165, 1.54) is 0 Å². The van der Waals surface area contributed by atoms with Gasteiger partial charge in [-0.2, -0.15) is 0 Å². The van der Waals surface area contributed by atoms with Gasteiger partial charge in [-0.25, -0.2) is 0 Å². The Hall–Kier alpha value is -0.0831. The molecular formula is C7H17NSi. The van der Waals surface area contributed by atoms with Gasteiger partial charge in [0.15, 0.2) is 0 Å². The maximum atomic E-state index is 3.78. The van der Waals surface area contributed by atoms with E-state index in [0.717, 1.165) is 0 Å². The van der Waals surface area contributed by atoms with Crippen LogP contribution >= 0.6 is 0 Å². The molecule has 0 aliphatic carbocycles. The average molecular weight is 143 g/mol. The molecule has 0 bridgehead atoms. The first kappa shape index (κ1) is 8.92. The van der Waals surface area contributed by atoms with Crippen LogP contribution in [0.1, 0.15) is 13.8 Å². The summed E-state index contributed by atoms with van der Waals surface area (Å²) in [7, 11) is -1.23. The second-order valence-electron chi connectivity index (χ2n) is 3.22. The molecule has 0 aliphatic rings. The topological polar surface area (TPSA) is 12.0 Å². The predicted molar refractivity (Wildman–Crippen MR) is 46.0 cm³/mol. The van der Waals surface area contributed by atoms with Crippen molar-refractivity contribution in [3.63, 3.8) is 0 Å². The van der Waals surface area contributed by atoms with Crippen LogP contribution in [0.3, 0.4) is 0 Å². The standard InChI is InChI=1S/C7H17NSi/c1-6-9(4,5)8-7(2)3/h6-8H,1H2,2-5H3. The molecule has 0 rings (SSSR count). The maximum absolute atomic E-state index is 3.78. The molecule has 0 saturated heterocycles. The predicted octanol–water partition coefficient (Wildman–Crippen LogP) is 1.91. The van der Waals surface area contributed by atoms with E-state index in [0.29, 0.717) is 6.04 Å². The fourth-order valence-electron chi connectivity index (χ4n) is 0.803. The van der Waals surface area contributed by atoms with E-state index in [2.05, 4.69) is 44.2 Å². The van der Waals surface area contributed by atoms with Gasteiger partial charge in [0.1, 0.15) is 8.24 Å². The molecule has 0 spiro atoms. The van der Waals surface area contributed by atoms with Crippen molar-refractivity contribution in [1.82, 2.24) is 4.98 Å². The van der Waals surface area contributed by atoms with Gasteiger partial charge in [0.2, 0.25) is 0 Å². The van der Waals surface area contributed by atoms with E-state index >= 15 is 0 Å². The zero-order valence-electron chi connectivity index (χ0n) is 6.86. The van der Waals surface area contributed by atoms with Crippen molar-refractivity contribution in [2.45, 2.75) is 33.0 Å². The van der Waals surface area contributed by atoms with E-state index in [9.17, 15) is 0 Å². The first-order valence-corrected chi connectivity index (χ1v) is 6.47. The molecule has 0 heterocycles. The lowest BCUT2D eigenvalue weighted by Crippen LogP contribution is -2.46. The van der Waals surface area contributed by atoms with Crippen LogP contribution in [-0.4, -0.2) is 14.3 Å². The summed E-state index contributed by atoms with van der Waals surface area (Å²) in [6, 6.07) is 0.588. The summed E-state index contributed by atoms with van der Waals surface area (Å²) in [6.45, 7) is 12.6. The van der Waals surface area contributed by atoms with Gasteiger partial charge in [0.05, 0.1) is 0 Å². The van der Waals surface area contributed by atoms with Crippen LogP contribution in [0.4, 0.5) is 0 Å². The normalized spacial score (nSPS) is 12.1. The van der Waals surface area contributed by atoms with Gasteiger partial charge < -0.3 is 4.98 Å². The summed E-state index contributed by atoms with van der Waals surface area (Å²) in [4.78, 5) is 3.49. The molecule has 1 N–H and O–H groups in total. The molecule has 1 nitrogen and oxygen atoms in total. The van der Waals surface area contributed by atoms with Gasteiger partial charge in [-0.3, -0.25) is 0 Å². The van der Waals surface area contributed by atoms with Crippen molar-refractivity contribution >= 4 is 8.24 Å². The first-order chi connectivity index (χ1) is 3.98. The third-order valence-electron chi connectivity index (χ3n) is 1.17. The number of nitrogens with one attached hydrogen (secondary N) is 1. The highest BCUT2D eigenvalue weighted by Gasteiger charge is 2.15. The monoisotopic (exact) mass is 143 g/mol. The molecule has 0 aromatic carbocycles. The van der Waals surface area contributed by atoms with Crippen LogP contribution in [0, 0.1) is 0 Å². The Labute approximate surface area is 59.3 Å². The Morgan fingerprint density at radius 3 is 2.00 bits per heavy atom. The Bertz CT molecular complexity index is 97.1. The summed E-state index contributed by atoms with van der Waals surface area (Å²) in [5, 5.41) is 0. The Morgan fingerprint density at radius 1 is 1.44 bits per heavy atom. The van der Waals surface area contributed by atoms with Crippen molar-refractivity contribution in [2.75, 3.05) is 0 Å². The van der Waals surface area contributed by atoms with Crippen molar-refractivity contribution in [1.29, 1.82) is 0 Å². The molecule has 0 aliphatic heterocycles. The van der Waals surface area contributed by atoms with E-state index in [4.69, 9.17) is 0 Å². The molecule has 0 atom stereocenters. The second-order valence-corrected chi connectivity index (χ2v) is 7.37. The summed E-state index contributed by atoms with van der Waals surface area (Å²) in [5.74, 6) is 0. The summed E-state index contributed by atoms with van der Waals surface area (Å²) in [5.41, 5.74) is 2.06. The van der Waals surface area contributed by atoms with Crippen molar-refractivity contribution < 1.29 is 0 Å². The van der Waals surface area contributed by atoms with Crippen molar-refractivity contribution in [3.05, 3.63) is 12.3 Å². The molecule has 0 radical (unpaired) electrons. The van der Waals surface area contributed by atoms with E-state index in [1.54, 1.807) is 0 Å². The largest absolute Gasteiger partial charge is 0.332 e. The van der Waals surface area contributed by atoms with E-state index < -0.39 is 8.24 Å². The summed E-state index contributed by atoms with van der Waals surface area (Å²) < 4.78 is 0. The lowest BCUT2D eigenvalue weighted by atomic mass is 10.4. The second kappa shape index (κ2) is 3.18. The molecule has 0 amide bonds. The van der Waals surface area contributed by atoms with Crippen LogP contribution in [0.5, 0.6) is 0 Å². The Balaban J connectivity index is 3.71. The van der Waals surface area contributed by atoms with Gasteiger partial charge in [-0.05, 0) is 6.04 Å². The lowest BCUT2D eigenvalue weighted by Gasteiger charge is -2.21. The molecule has 0 aromatic rings. The van der Waals surface area contributed by atoms with Gasteiger partial charge in [0, 0.05) is 0 Å². The molecule has 2 heteroatoms. The van der Waals surface area contributed by atoms with Crippen LogP contribution in [0.15, 0.2) is 12.3 Å². The Morgan fingerprint density at radius 2 is 1.89 bits per heavy atom.